The topological polar surface area (TPSA) is 53.7 Å². The maximum atomic E-state index is 12.1. The molecule has 0 aromatic heterocycles. The van der Waals surface area contributed by atoms with Gasteiger partial charge in [0.15, 0.2) is 0 Å². The normalized spacial score (nSPS) is 12.8. The number of hydrogen-bond acceptors (Lipinski definition) is 4. The summed E-state index contributed by atoms with van der Waals surface area (Å²) in [6.07, 6.45) is -4.62. The molecule has 0 aliphatic heterocycles. The minimum absolute atomic E-state index is 0.0900. The van der Waals surface area contributed by atoms with Gasteiger partial charge < -0.3 is 19.9 Å². The second kappa shape index (κ2) is 8.11. The molecule has 0 saturated carbocycles. The third-order valence-electron chi connectivity index (χ3n) is 3.17. The van der Waals surface area contributed by atoms with Gasteiger partial charge in [0.1, 0.15) is 23.9 Å². The molecule has 1 atom stereocenters. The molecular formula is C18H20F3NO3. The molecule has 0 aliphatic rings. The molecule has 0 saturated heterocycles. The van der Waals surface area contributed by atoms with Crippen molar-refractivity contribution in [1.29, 1.82) is 0 Å². The van der Waals surface area contributed by atoms with Crippen molar-refractivity contribution in [3.63, 3.8) is 0 Å². The van der Waals surface area contributed by atoms with E-state index in [4.69, 9.17) is 15.2 Å². The first kappa shape index (κ1) is 18.9. The zero-order valence-corrected chi connectivity index (χ0v) is 13.9. The van der Waals surface area contributed by atoms with Crippen LogP contribution in [0.4, 0.5) is 13.2 Å². The zero-order valence-electron chi connectivity index (χ0n) is 13.9. The van der Waals surface area contributed by atoms with Gasteiger partial charge in [-0.2, -0.15) is 0 Å². The van der Waals surface area contributed by atoms with E-state index >= 15 is 0 Å². The molecule has 0 spiro atoms. The predicted octanol–water partition coefficient (Wildman–Crippen LogP) is 4.45. The van der Waals surface area contributed by atoms with Crippen molar-refractivity contribution in [2.45, 2.75) is 32.4 Å². The lowest BCUT2D eigenvalue weighted by Crippen LogP contribution is -2.19. The van der Waals surface area contributed by atoms with Crippen LogP contribution in [0.3, 0.4) is 0 Å². The first-order valence-corrected chi connectivity index (χ1v) is 7.74. The molecule has 25 heavy (non-hydrogen) atoms. The van der Waals surface area contributed by atoms with Crippen LogP contribution in [0.1, 0.15) is 25.5 Å². The highest BCUT2D eigenvalue weighted by Crippen LogP contribution is 2.25. The van der Waals surface area contributed by atoms with Crippen LogP contribution in [0.25, 0.3) is 0 Å². The number of rotatable bonds is 7. The average Bonchev–Trinajstić information content (AvgIpc) is 2.52. The standard InChI is InChI=1S/C18H20F3NO3/c1-12(2)24-15-5-3-13(4-6-15)17(22)11-23-14-7-9-16(10-8-14)25-18(19,20)21/h3-10,12,17H,11,22H2,1-2H3. The van der Waals surface area contributed by atoms with Crippen LogP contribution < -0.4 is 19.9 Å². The summed E-state index contributed by atoms with van der Waals surface area (Å²) >= 11 is 0. The highest BCUT2D eigenvalue weighted by atomic mass is 19.4. The number of nitrogens with two attached hydrogens (primary N) is 1. The second-order valence-corrected chi connectivity index (χ2v) is 5.67. The van der Waals surface area contributed by atoms with Crippen LogP contribution in [0.5, 0.6) is 17.2 Å². The van der Waals surface area contributed by atoms with Crippen LogP contribution in [-0.2, 0) is 0 Å². The van der Waals surface area contributed by atoms with Crippen LogP contribution >= 0.6 is 0 Å². The number of alkyl halides is 3. The fourth-order valence-corrected chi connectivity index (χ4v) is 2.09. The molecule has 2 aromatic rings. The molecule has 1 unspecified atom stereocenters. The molecule has 136 valence electrons. The van der Waals surface area contributed by atoms with Gasteiger partial charge in [-0.25, -0.2) is 0 Å². The maximum Gasteiger partial charge on any atom is 0.573 e. The van der Waals surface area contributed by atoms with E-state index in [9.17, 15) is 13.2 Å². The Balaban J connectivity index is 1.88. The minimum Gasteiger partial charge on any atom is -0.492 e. The monoisotopic (exact) mass is 355 g/mol. The van der Waals surface area contributed by atoms with Gasteiger partial charge in [-0.3, -0.25) is 0 Å². The number of benzene rings is 2. The SMILES string of the molecule is CC(C)Oc1ccc(C(N)COc2ccc(OC(F)(F)F)cc2)cc1. The Labute approximate surface area is 144 Å². The highest BCUT2D eigenvalue weighted by Gasteiger charge is 2.30. The minimum atomic E-state index is -4.71. The van der Waals surface area contributed by atoms with E-state index in [0.717, 1.165) is 11.3 Å². The van der Waals surface area contributed by atoms with E-state index in [2.05, 4.69) is 4.74 Å². The lowest BCUT2D eigenvalue weighted by atomic mass is 10.1. The molecule has 0 amide bonds. The number of halogens is 3. The van der Waals surface area contributed by atoms with Crippen molar-refractivity contribution >= 4 is 0 Å². The Morgan fingerprint density at radius 2 is 1.40 bits per heavy atom. The Morgan fingerprint density at radius 3 is 1.92 bits per heavy atom. The number of ether oxygens (including phenoxy) is 3. The quantitative estimate of drug-likeness (QED) is 0.797. The van der Waals surface area contributed by atoms with Gasteiger partial charge in [0.2, 0.25) is 0 Å². The summed E-state index contributed by atoms with van der Waals surface area (Å²) in [5, 5.41) is 0. The van der Waals surface area contributed by atoms with E-state index in [-0.39, 0.29) is 24.5 Å². The van der Waals surface area contributed by atoms with Gasteiger partial charge in [-0.1, -0.05) is 12.1 Å². The zero-order chi connectivity index (χ0) is 18.4. The molecule has 7 heteroatoms. The third kappa shape index (κ3) is 6.54. The van der Waals surface area contributed by atoms with Gasteiger partial charge >= 0.3 is 6.36 Å². The van der Waals surface area contributed by atoms with Crippen molar-refractivity contribution in [2.24, 2.45) is 5.73 Å². The van der Waals surface area contributed by atoms with Crippen LogP contribution in [-0.4, -0.2) is 19.1 Å². The molecule has 0 radical (unpaired) electrons. The molecule has 0 bridgehead atoms. The molecule has 2 N–H and O–H groups in total. The summed E-state index contributed by atoms with van der Waals surface area (Å²) in [6, 6.07) is 12.2. The second-order valence-electron chi connectivity index (χ2n) is 5.67. The van der Waals surface area contributed by atoms with E-state index in [0.29, 0.717) is 5.75 Å². The summed E-state index contributed by atoms with van der Waals surface area (Å²) in [6.45, 7) is 4.07. The average molecular weight is 355 g/mol. The van der Waals surface area contributed by atoms with Crippen LogP contribution in [0, 0.1) is 0 Å². The molecule has 0 heterocycles. The summed E-state index contributed by atoms with van der Waals surface area (Å²) in [7, 11) is 0. The van der Waals surface area contributed by atoms with Crippen molar-refractivity contribution in [3.8, 4) is 17.2 Å². The third-order valence-corrected chi connectivity index (χ3v) is 3.17. The fourth-order valence-electron chi connectivity index (χ4n) is 2.09. The summed E-state index contributed by atoms with van der Waals surface area (Å²) in [4.78, 5) is 0. The molecular weight excluding hydrogens is 335 g/mol. The van der Waals surface area contributed by atoms with Crippen molar-refractivity contribution in [1.82, 2.24) is 0 Å². The van der Waals surface area contributed by atoms with Gasteiger partial charge in [0.05, 0.1) is 12.1 Å². The van der Waals surface area contributed by atoms with Gasteiger partial charge in [0, 0.05) is 0 Å². The Bertz CT molecular complexity index is 655. The Morgan fingerprint density at radius 1 is 0.880 bits per heavy atom. The van der Waals surface area contributed by atoms with Crippen molar-refractivity contribution in [2.75, 3.05) is 6.61 Å². The molecule has 0 aliphatic carbocycles. The highest BCUT2D eigenvalue weighted by molar-refractivity contribution is 5.32. The fraction of sp³-hybridized carbons (Fsp3) is 0.333. The van der Waals surface area contributed by atoms with Gasteiger partial charge in [-0.15, -0.1) is 13.2 Å². The molecule has 2 rings (SSSR count). The first-order valence-electron chi connectivity index (χ1n) is 7.74. The predicted molar refractivity (Wildman–Crippen MR) is 87.8 cm³/mol. The molecule has 0 fully saturated rings. The lowest BCUT2D eigenvalue weighted by Gasteiger charge is -2.15. The van der Waals surface area contributed by atoms with E-state index < -0.39 is 6.36 Å². The van der Waals surface area contributed by atoms with Gasteiger partial charge in [0.25, 0.3) is 0 Å². The summed E-state index contributed by atoms with van der Waals surface area (Å²) < 4.78 is 51.2. The van der Waals surface area contributed by atoms with Crippen LogP contribution in [0.2, 0.25) is 0 Å². The summed E-state index contributed by atoms with van der Waals surface area (Å²) in [5.41, 5.74) is 6.94. The first-order chi connectivity index (χ1) is 11.7. The maximum absolute atomic E-state index is 12.1. The van der Waals surface area contributed by atoms with Crippen LogP contribution in [0.15, 0.2) is 48.5 Å². The molecule has 4 nitrogen and oxygen atoms in total. The largest absolute Gasteiger partial charge is 0.573 e. The Hall–Kier alpha value is -2.41. The van der Waals surface area contributed by atoms with E-state index in [1.165, 1.54) is 24.3 Å². The summed E-state index contributed by atoms with van der Waals surface area (Å²) in [5.74, 6) is 0.863. The smallest absolute Gasteiger partial charge is 0.492 e. The van der Waals surface area contributed by atoms with E-state index in [1.807, 2.05) is 38.1 Å². The lowest BCUT2D eigenvalue weighted by molar-refractivity contribution is -0.274. The number of hydrogen-bond donors (Lipinski definition) is 1. The van der Waals surface area contributed by atoms with Crippen molar-refractivity contribution < 1.29 is 27.4 Å². The Kier molecular flexibility index (Phi) is 6.14. The van der Waals surface area contributed by atoms with Gasteiger partial charge in [-0.05, 0) is 55.8 Å². The molecule has 2 aromatic carbocycles. The van der Waals surface area contributed by atoms with E-state index in [1.54, 1.807) is 0 Å². The van der Waals surface area contributed by atoms with Crippen molar-refractivity contribution in [3.05, 3.63) is 54.1 Å².